The van der Waals surface area contributed by atoms with Gasteiger partial charge >= 0.3 is 0 Å². The molecule has 0 fully saturated rings. The first-order valence-corrected chi connectivity index (χ1v) is 15.6. The van der Waals surface area contributed by atoms with Gasteiger partial charge < -0.3 is 0 Å². The van der Waals surface area contributed by atoms with Gasteiger partial charge in [0.15, 0.2) is 0 Å². The molecule has 0 bridgehead atoms. The molecule has 0 amide bonds. The monoisotopic (exact) mass is 579 g/mol. The van der Waals surface area contributed by atoms with Gasteiger partial charge in [0.2, 0.25) is 5.95 Å². The Morgan fingerprint density at radius 3 is 1.77 bits per heavy atom. The van der Waals surface area contributed by atoms with E-state index in [9.17, 15) is 0 Å². The predicted molar refractivity (Wildman–Crippen MR) is 186 cm³/mol. The van der Waals surface area contributed by atoms with Gasteiger partial charge in [-0.05, 0) is 46.5 Å². The molecule has 44 heavy (non-hydrogen) atoms. The van der Waals surface area contributed by atoms with Crippen molar-refractivity contribution in [1.82, 2.24) is 14.5 Å². The molecule has 3 aromatic heterocycles. The van der Waals surface area contributed by atoms with Crippen LogP contribution in [0.3, 0.4) is 0 Å². The Morgan fingerprint density at radius 1 is 0.477 bits per heavy atom. The van der Waals surface area contributed by atoms with Gasteiger partial charge in [-0.15, -0.1) is 11.3 Å². The summed E-state index contributed by atoms with van der Waals surface area (Å²) in [6, 6.07) is 51.7. The van der Waals surface area contributed by atoms with Crippen LogP contribution in [0.2, 0.25) is 0 Å². The lowest BCUT2D eigenvalue weighted by atomic mass is 10.0. The average Bonchev–Trinajstić information content (AvgIpc) is 3.64. The van der Waals surface area contributed by atoms with Crippen LogP contribution < -0.4 is 0 Å². The Hall–Kier alpha value is -5.58. The standard InChI is InChI=1S/C40H25N3S/c1-3-10-26(11-4-1)28-18-20-30-31-21-19-29(27-12-5-2-6-13-27)25-37(31)43(36(30)24-28)40-41-23-22-35(42-40)34-16-9-15-33-32-14-7-8-17-38(32)44-39(33)34/h1-25H. The highest BCUT2D eigenvalue weighted by Crippen LogP contribution is 2.40. The SMILES string of the molecule is c1ccc(-c2ccc3c4ccc(-c5ccccc5)cc4n(-c4nccc(-c5cccc6c5sc5ccccc56)n4)c3c2)cc1. The summed E-state index contributed by atoms with van der Waals surface area (Å²) < 4.78 is 4.77. The van der Waals surface area contributed by atoms with Gasteiger partial charge in [-0.3, -0.25) is 4.57 Å². The molecule has 0 saturated carbocycles. The number of aromatic nitrogens is 3. The minimum atomic E-state index is 0.663. The van der Waals surface area contributed by atoms with Crippen molar-refractivity contribution >= 4 is 53.3 Å². The highest BCUT2D eigenvalue weighted by molar-refractivity contribution is 7.26. The largest absolute Gasteiger partial charge is 0.278 e. The Bertz CT molecular complexity index is 2390. The van der Waals surface area contributed by atoms with Crippen molar-refractivity contribution in [3.8, 4) is 39.5 Å². The maximum absolute atomic E-state index is 5.27. The minimum absolute atomic E-state index is 0.663. The summed E-state index contributed by atoms with van der Waals surface area (Å²) in [6.45, 7) is 0. The summed E-state index contributed by atoms with van der Waals surface area (Å²) in [6.07, 6.45) is 1.89. The number of hydrogen-bond acceptors (Lipinski definition) is 3. The zero-order valence-corrected chi connectivity index (χ0v) is 24.5. The highest BCUT2D eigenvalue weighted by atomic mass is 32.1. The first-order valence-electron chi connectivity index (χ1n) is 14.7. The van der Waals surface area contributed by atoms with E-state index in [1.165, 1.54) is 42.1 Å². The summed E-state index contributed by atoms with van der Waals surface area (Å²) in [7, 11) is 0. The number of benzene rings is 6. The third-order valence-electron chi connectivity index (χ3n) is 8.50. The van der Waals surface area contributed by atoms with Gasteiger partial charge in [-0.25, -0.2) is 9.97 Å². The Balaban J connectivity index is 1.31. The molecule has 0 unspecified atom stereocenters. The molecule has 4 heteroatoms. The second kappa shape index (κ2) is 10.0. The van der Waals surface area contributed by atoms with Crippen molar-refractivity contribution < 1.29 is 0 Å². The molecule has 0 atom stereocenters. The molecular weight excluding hydrogens is 555 g/mol. The van der Waals surface area contributed by atoms with Gasteiger partial charge in [0.05, 0.1) is 16.7 Å². The smallest absolute Gasteiger partial charge is 0.235 e. The lowest BCUT2D eigenvalue weighted by Crippen LogP contribution is -2.02. The first kappa shape index (κ1) is 25.0. The van der Waals surface area contributed by atoms with Crippen LogP contribution >= 0.6 is 11.3 Å². The van der Waals surface area contributed by atoms with E-state index in [-0.39, 0.29) is 0 Å². The summed E-state index contributed by atoms with van der Waals surface area (Å²) in [4.78, 5) is 10.2. The number of fused-ring (bicyclic) bond motifs is 6. The topological polar surface area (TPSA) is 30.7 Å². The summed E-state index contributed by atoms with van der Waals surface area (Å²) in [5.41, 5.74) is 8.91. The fourth-order valence-electron chi connectivity index (χ4n) is 6.41. The molecule has 0 spiro atoms. The second-order valence-electron chi connectivity index (χ2n) is 11.1. The molecule has 0 aliphatic rings. The second-order valence-corrected chi connectivity index (χ2v) is 12.1. The van der Waals surface area contributed by atoms with E-state index >= 15 is 0 Å². The predicted octanol–water partition coefficient (Wildman–Crippen LogP) is 10.9. The quantitative estimate of drug-likeness (QED) is 0.208. The molecule has 0 aliphatic heterocycles. The van der Waals surface area contributed by atoms with Crippen LogP contribution in [0.25, 0.3) is 81.4 Å². The molecule has 0 aliphatic carbocycles. The van der Waals surface area contributed by atoms with Gasteiger partial charge in [-0.2, -0.15) is 0 Å². The molecular formula is C40H25N3S. The number of thiophene rings is 1. The fourth-order valence-corrected chi connectivity index (χ4v) is 7.63. The molecule has 6 aromatic carbocycles. The van der Waals surface area contributed by atoms with Gasteiger partial charge in [0, 0.05) is 42.7 Å². The van der Waals surface area contributed by atoms with Crippen molar-refractivity contribution in [2.45, 2.75) is 0 Å². The third kappa shape index (κ3) is 3.96. The maximum Gasteiger partial charge on any atom is 0.235 e. The van der Waals surface area contributed by atoms with Crippen molar-refractivity contribution in [2.24, 2.45) is 0 Å². The Kier molecular flexibility index (Phi) is 5.68. The number of nitrogens with zero attached hydrogens (tertiary/aromatic N) is 3. The van der Waals surface area contributed by atoms with E-state index in [0.717, 1.165) is 33.4 Å². The molecule has 9 rings (SSSR count). The fraction of sp³-hybridized carbons (Fsp3) is 0. The van der Waals surface area contributed by atoms with Gasteiger partial charge in [-0.1, -0.05) is 121 Å². The van der Waals surface area contributed by atoms with E-state index < -0.39 is 0 Å². The number of rotatable bonds is 4. The van der Waals surface area contributed by atoms with Crippen LogP contribution in [0.1, 0.15) is 0 Å². The van der Waals surface area contributed by atoms with Crippen molar-refractivity contribution in [1.29, 1.82) is 0 Å². The zero-order chi connectivity index (χ0) is 29.0. The van der Waals surface area contributed by atoms with Crippen LogP contribution in [0.4, 0.5) is 0 Å². The van der Waals surface area contributed by atoms with Crippen LogP contribution in [0.5, 0.6) is 0 Å². The maximum atomic E-state index is 5.27. The van der Waals surface area contributed by atoms with Crippen molar-refractivity contribution in [3.05, 3.63) is 152 Å². The highest BCUT2D eigenvalue weighted by Gasteiger charge is 2.18. The van der Waals surface area contributed by atoms with Crippen molar-refractivity contribution in [2.75, 3.05) is 0 Å². The normalized spacial score (nSPS) is 11.6. The first-order chi connectivity index (χ1) is 21.8. The molecule has 0 saturated heterocycles. The lowest BCUT2D eigenvalue weighted by molar-refractivity contribution is 0.993. The third-order valence-corrected chi connectivity index (χ3v) is 9.72. The molecule has 0 N–H and O–H groups in total. The van der Waals surface area contributed by atoms with Crippen LogP contribution in [0, 0.1) is 0 Å². The van der Waals surface area contributed by atoms with E-state index in [1.807, 2.05) is 23.6 Å². The van der Waals surface area contributed by atoms with E-state index in [0.29, 0.717) is 5.95 Å². The zero-order valence-electron chi connectivity index (χ0n) is 23.7. The molecule has 206 valence electrons. The summed E-state index contributed by atoms with van der Waals surface area (Å²) in [5, 5.41) is 4.91. The van der Waals surface area contributed by atoms with E-state index in [4.69, 9.17) is 9.97 Å². The van der Waals surface area contributed by atoms with E-state index in [1.54, 1.807) is 0 Å². The lowest BCUT2D eigenvalue weighted by Gasteiger charge is -2.10. The Morgan fingerprint density at radius 2 is 1.09 bits per heavy atom. The summed E-state index contributed by atoms with van der Waals surface area (Å²) in [5.74, 6) is 0.663. The van der Waals surface area contributed by atoms with Crippen LogP contribution in [-0.4, -0.2) is 14.5 Å². The Labute approximate surface area is 258 Å². The average molecular weight is 580 g/mol. The molecule has 0 radical (unpaired) electrons. The summed E-state index contributed by atoms with van der Waals surface area (Å²) >= 11 is 1.82. The molecule has 9 aromatic rings. The number of hydrogen-bond donors (Lipinski definition) is 0. The van der Waals surface area contributed by atoms with Crippen LogP contribution in [-0.2, 0) is 0 Å². The van der Waals surface area contributed by atoms with Gasteiger partial charge in [0.25, 0.3) is 0 Å². The molecule has 3 nitrogen and oxygen atoms in total. The van der Waals surface area contributed by atoms with Gasteiger partial charge in [0.1, 0.15) is 0 Å². The minimum Gasteiger partial charge on any atom is -0.278 e. The molecule has 3 heterocycles. The van der Waals surface area contributed by atoms with Crippen LogP contribution in [0.15, 0.2) is 152 Å². The van der Waals surface area contributed by atoms with Crippen molar-refractivity contribution in [3.63, 3.8) is 0 Å². The van der Waals surface area contributed by atoms with E-state index in [2.05, 4.69) is 144 Å².